The minimum atomic E-state index is 0.403. The molecule has 2 unspecified atom stereocenters. The van der Waals surface area contributed by atoms with Gasteiger partial charge >= 0.3 is 0 Å². The molecular weight excluding hydrogens is 234 g/mol. The molecule has 2 aliphatic heterocycles. The minimum absolute atomic E-state index is 0.403. The van der Waals surface area contributed by atoms with Gasteiger partial charge in [0, 0.05) is 6.54 Å². The van der Waals surface area contributed by atoms with Gasteiger partial charge in [0.1, 0.15) is 0 Å². The van der Waals surface area contributed by atoms with Gasteiger partial charge in [-0.05, 0) is 70.4 Å². The summed E-state index contributed by atoms with van der Waals surface area (Å²) in [5.74, 6) is 0. The number of likely N-dealkylation sites (tertiary alicyclic amines) is 1. The van der Waals surface area contributed by atoms with Gasteiger partial charge in [0.25, 0.3) is 0 Å². The lowest BCUT2D eigenvalue weighted by atomic mass is 9.68. The first-order valence-electron chi connectivity index (χ1n) is 8.30. The highest BCUT2D eigenvalue weighted by molar-refractivity contribution is 4.96. The summed E-state index contributed by atoms with van der Waals surface area (Å²) in [6.45, 7) is 6.22. The molecule has 108 valence electrons. The van der Waals surface area contributed by atoms with Crippen LogP contribution >= 0.6 is 0 Å². The molecule has 3 aliphatic rings. The Labute approximate surface area is 118 Å². The quantitative estimate of drug-likeness (QED) is 0.553. The molecule has 0 amide bonds. The molecule has 0 aromatic rings. The first-order chi connectivity index (χ1) is 9.26. The molecule has 19 heavy (non-hydrogen) atoms. The molecule has 0 aromatic carbocycles. The zero-order chi connectivity index (χ0) is 13.1. The van der Waals surface area contributed by atoms with Crippen molar-refractivity contribution >= 4 is 0 Å². The first-order valence-corrected chi connectivity index (χ1v) is 8.30. The summed E-state index contributed by atoms with van der Waals surface area (Å²) >= 11 is 0. The monoisotopic (exact) mass is 263 g/mol. The highest BCUT2D eigenvalue weighted by atomic mass is 16.5. The fourth-order valence-corrected chi connectivity index (χ4v) is 3.96. The lowest BCUT2D eigenvalue weighted by molar-refractivity contribution is 0.0832. The second kappa shape index (κ2) is 5.97. The third kappa shape index (κ3) is 3.41. The molecule has 2 heteroatoms. The Morgan fingerprint density at radius 2 is 2.16 bits per heavy atom. The van der Waals surface area contributed by atoms with Gasteiger partial charge in [-0.15, -0.1) is 0 Å². The molecule has 2 atom stereocenters. The molecular formula is C17H29NO. The molecule has 2 saturated heterocycles. The largest absolute Gasteiger partial charge is 0.371 e. The van der Waals surface area contributed by atoms with E-state index in [1.165, 1.54) is 71.0 Å². The summed E-state index contributed by atoms with van der Waals surface area (Å²) in [5.41, 5.74) is 0.768. The standard InChI is InChI=1S/C17H29NO/c1-15-7-8-16(19-15)6-3-2-4-12-18-13-11-17(14-18)9-5-10-17/h3,6,15-16H,2,4-5,7-14H2,1H3/b6-3+. The van der Waals surface area contributed by atoms with Crippen molar-refractivity contribution < 1.29 is 4.74 Å². The highest BCUT2D eigenvalue weighted by Crippen LogP contribution is 2.47. The number of hydrogen-bond acceptors (Lipinski definition) is 2. The molecule has 1 spiro atoms. The van der Waals surface area contributed by atoms with Gasteiger partial charge in [0.05, 0.1) is 12.2 Å². The van der Waals surface area contributed by atoms with Crippen molar-refractivity contribution in [2.45, 2.75) is 70.5 Å². The van der Waals surface area contributed by atoms with Gasteiger partial charge in [-0.25, -0.2) is 0 Å². The van der Waals surface area contributed by atoms with Crippen LogP contribution in [0, 0.1) is 5.41 Å². The lowest BCUT2D eigenvalue weighted by Crippen LogP contribution is -2.33. The maximum Gasteiger partial charge on any atom is 0.0760 e. The van der Waals surface area contributed by atoms with Crippen molar-refractivity contribution in [2.24, 2.45) is 5.41 Å². The highest BCUT2D eigenvalue weighted by Gasteiger charge is 2.42. The molecule has 2 nitrogen and oxygen atoms in total. The van der Waals surface area contributed by atoms with Crippen LogP contribution in [0.15, 0.2) is 12.2 Å². The zero-order valence-corrected chi connectivity index (χ0v) is 12.4. The van der Waals surface area contributed by atoms with Gasteiger partial charge in [-0.2, -0.15) is 0 Å². The molecule has 0 radical (unpaired) electrons. The number of ether oxygens (including phenoxy) is 1. The normalized spacial score (nSPS) is 34.4. The third-order valence-electron chi connectivity index (χ3n) is 5.39. The molecule has 0 N–H and O–H groups in total. The smallest absolute Gasteiger partial charge is 0.0760 e. The van der Waals surface area contributed by atoms with E-state index in [1.807, 2.05) is 0 Å². The zero-order valence-electron chi connectivity index (χ0n) is 12.4. The Bertz CT molecular complexity index is 321. The molecule has 3 fully saturated rings. The maximum absolute atomic E-state index is 5.79. The predicted molar refractivity (Wildman–Crippen MR) is 79.3 cm³/mol. The van der Waals surface area contributed by atoms with Crippen molar-refractivity contribution in [1.29, 1.82) is 0 Å². The second-order valence-corrected chi connectivity index (χ2v) is 7.01. The van der Waals surface area contributed by atoms with Crippen molar-refractivity contribution in [3.8, 4) is 0 Å². The predicted octanol–water partition coefficient (Wildman–Crippen LogP) is 3.77. The van der Waals surface area contributed by atoms with Crippen LogP contribution < -0.4 is 0 Å². The Balaban J connectivity index is 1.28. The Morgan fingerprint density at radius 1 is 1.26 bits per heavy atom. The minimum Gasteiger partial charge on any atom is -0.371 e. The number of allylic oxidation sites excluding steroid dienone is 1. The average Bonchev–Trinajstić information content (AvgIpc) is 2.95. The van der Waals surface area contributed by atoms with Gasteiger partial charge < -0.3 is 9.64 Å². The summed E-state index contributed by atoms with van der Waals surface area (Å²) in [6, 6.07) is 0. The van der Waals surface area contributed by atoms with Gasteiger partial charge in [0.2, 0.25) is 0 Å². The summed E-state index contributed by atoms with van der Waals surface area (Å²) < 4.78 is 5.79. The summed E-state index contributed by atoms with van der Waals surface area (Å²) in [5, 5.41) is 0. The van der Waals surface area contributed by atoms with Crippen LogP contribution in [0.25, 0.3) is 0 Å². The van der Waals surface area contributed by atoms with Crippen LogP contribution in [-0.4, -0.2) is 36.7 Å². The number of nitrogens with zero attached hydrogens (tertiary/aromatic N) is 1. The van der Waals surface area contributed by atoms with Gasteiger partial charge in [-0.1, -0.05) is 18.6 Å². The SMILES string of the molecule is CC1CCC(/C=C/CCCN2CCC3(CCC3)C2)O1. The van der Waals surface area contributed by atoms with E-state index in [9.17, 15) is 0 Å². The van der Waals surface area contributed by atoms with E-state index < -0.39 is 0 Å². The Hall–Kier alpha value is -0.340. The number of rotatable bonds is 5. The molecule has 0 bridgehead atoms. The van der Waals surface area contributed by atoms with Crippen LogP contribution in [0.5, 0.6) is 0 Å². The summed E-state index contributed by atoms with van der Waals surface area (Å²) in [7, 11) is 0. The maximum atomic E-state index is 5.79. The van der Waals surface area contributed by atoms with E-state index in [4.69, 9.17) is 4.74 Å². The molecule has 0 aromatic heterocycles. The molecule has 1 aliphatic carbocycles. The van der Waals surface area contributed by atoms with Crippen molar-refractivity contribution in [2.75, 3.05) is 19.6 Å². The van der Waals surface area contributed by atoms with E-state index in [1.54, 1.807) is 0 Å². The van der Waals surface area contributed by atoms with E-state index in [-0.39, 0.29) is 0 Å². The lowest BCUT2D eigenvalue weighted by Gasteiger charge is -2.38. The summed E-state index contributed by atoms with van der Waals surface area (Å²) in [4.78, 5) is 2.70. The Kier molecular flexibility index (Phi) is 4.28. The summed E-state index contributed by atoms with van der Waals surface area (Å²) in [6.07, 6.45) is 16.4. The fraction of sp³-hybridized carbons (Fsp3) is 0.882. The fourth-order valence-electron chi connectivity index (χ4n) is 3.96. The second-order valence-electron chi connectivity index (χ2n) is 7.01. The van der Waals surface area contributed by atoms with Crippen molar-refractivity contribution in [3.05, 3.63) is 12.2 Å². The Morgan fingerprint density at radius 3 is 2.79 bits per heavy atom. The van der Waals surface area contributed by atoms with Crippen LogP contribution in [0.1, 0.15) is 58.3 Å². The average molecular weight is 263 g/mol. The third-order valence-corrected chi connectivity index (χ3v) is 5.39. The molecule has 1 saturated carbocycles. The molecule has 3 rings (SSSR count). The first kappa shape index (κ1) is 13.6. The number of unbranched alkanes of at least 4 members (excludes halogenated alkanes) is 1. The number of hydrogen-bond donors (Lipinski definition) is 0. The van der Waals surface area contributed by atoms with E-state index in [0.29, 0.717) is 12.2 Å². The van der Waals surface area contributed by atoms with E-state index in [0.717, 1.165) is 5.41 Å². The van der Waals surface area contributed by atoms with Crippen LogP contribution in [0.3, 0.4) is 0 Å². The van der Waals surface area contributed by atoms with E-state index >= 15 is 0 Å². The topological polar surface area (TPSA) is 12.5 Å². The van der Waals surface area contributed by atoms with Crippen LogP contribution in [0.4, 0.5) is 0 Å². The van der Waals surface area contributed by atoms with Gasteiger partial charge in [-0.3, -0.25) is 0 Å². The van der Waals surface area contributed by atoms with Crippen molar-refractivity contribution in [3.63, 3.8) is 0 Å². The van der Waals surface area contributed by atoms with E-state index in [2.05, 4.69) is 24.0 Å². The van der Waals surface area contributed by atoms with Crippen LogP contribution in [0.2, 0.25) is 0 Å². The van der Waals surface area contributed by atoms with Crippen molar-refractivity contribution in [1.82, 2.24) is 4.90 Å². The molecule has 2 heterocycles. The van der Waals surface area contributed by atoms with Crippen LogP contribution in [-0.2, 0) is 4.74 Å². The van der Waals surface area contributed by atoms with Gasteiger partial charge in [0.15, 0.2) is 0 Å².